The summed E-state index contributed by atoms with van der Waals surface area (Å²) in [6.07, 6.45) is 61.9. The molecule has 0 rings (SSSR count). The summed E-state index contributed by atoms with van der Waals surface area (Å²) in [7, 11) is 1.21. The van der Waals surface area contributed by atoms with E-state index in [2.05, 4.69) is 26.1 Å². The summed E-state index contributed by atoms with van der Waals surface area (Å²) < 4.78 is 30.3. The van der Waals surface area contributed by atoms with Crippen LogP contribution in [0, 0.1) is 0 Å². The zero-order valence-corrected chi connectivity index (χ0v) is 50.5. The Bertz CT molecular complexity index is 1260. The van der Waals surface area contributed by atoms with Crippen LogP contribution in [0.4, 0.5) is 0 Å². The van der Waals surface area contributed by atoms with Crippen molar-refractivity contribution in [3.8, 4) is 0 Å². The highest BCUT2D eigenvalue weighted by Crippen LogP contribution is 2.38. The first-order chi connectivity index (χ1) is 35.4. The fourth-order valence-corrected chi connectivity index (χ4v) is 10.5. The van der Waals surface area contributed by atoms with E-state index < -0.39 is 20.0 Å². The standard InChI is InChI=1S/C63H125N2O7P/c1-7-10-13-16-19-22-25-27-28-29-30-31-32-33-34-35-36-38-41-44-47-50-53-56-63(67)72-61(54-51-48-45-42-40-37-26-23-20-17-14-11-8-2)60(59-71-73(68,69)70-58-57-65(4,5)6)64-62(66)55-52-49-46-43-39-24-21-18-15-12-9-3/h51,54,60-61H,7-50,52-53,55-59H2,1-6H3,(H-,64,66,68,69)/b54-51-. The Morgan fingerprint density at radius 2 is 0.781 bits per heavy atom. The lowest BCUT2D eigenvalue weighted by atomic mass is 10.0. The van der Waals surface area contributed by atoms with Crippen LogP contribution < -0.4 is 10.2 Å². The van der Waals surface area contributed by atoms with Crippen LogP contribution in [0.5, 0.6) is 0 Å². The molecular weight excluding hydrogens is 928 g/mol. The SMILES string of the molecule is CCCCCCCCCCCCC/C=C\C(OC(=O)CCCCCCCCCCCCCCCCCCCCCCCCC)C(COP(=O)([O-])OCC[N+](C)(C)C)NC(=O)CCCCCCCCCCCCC. The van der Waals surface area contributed by atoms with Crippen molar-refractivity contribution >= 4 is 19.7 Å². The number of phosphoric acid groups is 1. The van der Waals surface area contributed by atoms with Crippen molar-refractivity contribution in [2.24, 2.45) is 0 Å². The molecule has 0 aliphatic heterocycles. The molecule has 10 heteroatoms. The Kier molecular flexibility index (Phi) is 53.2. The first-order valence-corrected chi connectivity index (χ1v) is 33.5. The number of rotatable bonds is 59. The summed E-state index contributed by atoms with van der Waals surface area (Å²) in [4.78, 5) is 39.9. The molecule has 0 spiro atoms. The number of unbranched alkanes of at least 4 members (excludes halogenated alkanes) is 43. The molecule has 73 heavy (non-hydrogen) atoms. The molecular formula is C63H125N2O7P. The number of nitrogens with zero attached hydrogens (tertiary/aromatic N) is 1. The minimum absolute atomic E-state index is 0.0169. The van der Waals surface area contributed by atoms with Crippen LogP contribution in [0.25, 0.3) is 0 Å². The van der Waals surface area contributed by atoms with E-state index in [0.717, 1.165) is 57.8 Å². The molecule has 0 saturated heterocycles. The number of allylic oxidation sites excluding steroid dienone is 1. The molecule has 1 amide bonds. The van der Waals surface area contributed by atoms with Gasteiger partial charge in [-0.05, 0) is 31.8 Å². The van der Waals surface area contributed by atoms with E-state index in [1.165, 1.54) is 238 Å². The second-order valence-electron chi connectivity index (χ2n) is 23.3. The highest BCUT2D eigenvalue weighted by atomic mass is 31.2. The van der Waals surface area contributed by atoms with Crippen LogP contribution in [0.3, 0.4) is 0 Å². The fourth-order valence-electron chi connectivity index (χ4n) is 9.76. The van der Waals surface area contributed by atoms with Gasteiger partial charge in [0, 0.05) is 12.8 Å². The van der Waals surface area contributed by atoms with Gasteiger partial charge in [0.05, 0.1) is 33.8 Å². The number of nitrogens with one attached hydrogen (secondary N) is 1. The molecule has 434 valence electrons. The maximum absolute atomic E-state index is 13.5. The average Bonchev–Trinajstić information content (AvgIpc) is 3.35. The zero-order chi connectivity index (χ0) is 53.6. The first-order valence-electron chi connectivity index (χ1n) is 32.0. The smallest absolute Gasteiger partial charge is 0.306 e. The van der Waals surface area contributed by atoms with Gasteiger partial charge in [-0.2, -0.15) is 0 Å². The van der Waals surface area contributed by atoms with Crippen LogP contribution in [0.2, 0.25) is 0 Å². The lowest BCUT2D eigenvalue weighted by Gasteiger charge is -2.30. The highest BCUT2D eigenvalue weighted by molar-refractivity contribution is 7.45. The van der Waals surface area contributed by atoms with E-state index in [4.69, 9.17) is 13.8 Å². The van der Waals surface area contributed by atoms with Crippen LogP contribution >= 0.6 is 7.82 Å². The number of phosphoric ester groups is 1. The Balaban J connectivity index is 5.07. The van der Waals surface area contributed by atoms with Gasteiger partial charge < -0.3 is 28.5 Å². The molecule has 0 radical (unpaired) electrons. The lowest BCUT2D eigenvalue weighted by molar-refractivity contribution is -0.870. The Labute approximate surface area is 454 Å². The molecule has 3 unspecified atom stereocenters. The van der Waals surface area contributed by atoms with Crippen molar-refractivity contribution in [3.05, 3.63) is 12.2 Å². The van der Waals surface area contributed by atoms with Crippen LogP contribution in [-0.4, -0.2) is 69.4 Å². The van der Waals surface area contributed by atoms with Crippen LogP contribution in [-0.2, 0) is 27.9 Å². The number of carbonyl (C=O) groups is 2. The van der Waals surface area contributed by atoms with Gasteiger partial charge in [-0.1, -0.05) is 297 Å². The van der Waals surface area contributed by atoms with Gasteiger partial charge in [-0.15, -0.1) is 0 Å². The molecule has 3 atom stereocenters. The Hall–Kier alpha value is -1.25. The van der Waals surface area contributed by atoms with Crippen molar-refractivity contribution in [1.82, 2.24) is 5.32 Å². The van der Waals surface area contributed by atoms with Gasteiger partial charge in [-0.3, -0.25) is 14.2 Å². The molecule has 0 fully saturated rings. The third-order valence-corrected chi connectivity index (χ3v) is 15.7. The molecule has 0 aliphatic carbocycles. The monoisotopic (exact) mass is 1050 g/mol. The van der Waals surface area contributed by atoms with Crippen LogP contribution in [0.15, 0.2) is 12.2 Å². The van der Waals surface area contributed by atoms with Gasteiger partial charge in [0.15, 0.2) is 0 Å². The number of likely N-dealkylation sites (N-methyl/N-ethyl adjacent to an activating group) is 1. The quantitative estimate of drug-likeness (QED) is 0.0212. The minimum Gasteiger partial charge on any atom is -0.756 e. The summed E-state index contributed by atoms with van der Waals surface area (Å²) in [5.74, 6) is -0.521. The predicted molar refractivity (Wildman–Crippen MR) is 312 cm³/mol. The number of carbonyl (C=O) groups excluding carboxylic acids is 2. The lowest BCUT2D eigenvalue weighted by Crippen LogP contribution is -2.47. The third-order valence-electron chi connectivity index (χ3n) is 14.7. The molecule has 0 aromatic rings. The fraction of sp³-hybridized carbons (Fsp3) is 0.937. The normalized spacial score (nSPS) is 13.7. The van der Waals surface area contributed by atoms with Crippen molar-refractivity contribution in [3.63, 3.8) is 0 Å². The van der Waals surface area contributed by atoms with Gasteiger partial charge in [0.25, 0.3) is 7.82 Å². The molecule has 1 N–H and O–H groups in total. The third kappa shape index (κ3) is 55.3. The van der Waals surface area contributed by atoms with Gasteiger partial charge in [-0.25, -0.2) is 0 Å². The Morgan fingerprint density at radius 1 is 0.466 bits per heavy atom. The van der Waals surface area contributed by atoms with E-state index in [9.17, 15) is 19.0 Å². The summed E-state index contributed by atoms with van der Waals surface area (Å²) in [5.41, 5.74) is 0. The maximum Gasteiger partial charge on any atom is 0.306 e. The molecule has 0 aromatic carbocycles. The van der Waals surface area contributed by atoms with E-state index in [-0.39, 0.29) is 31.5 Å². The van der Waals surface area contributed by atoms with Gasteiger partial charge in [0.2, 0.25) is 5.91 Å². The van der Waals surface area contributed by atoms with Crippen LogP contribution in [0.1, 0.15) is 329 Å². The largest absolute Gasteiger partial charge is 0.756 e. The number of hydrogen-bond acceptors (Lipinski definition) is 7. The number of ether oxygens (including phenoxy) is 1. The van der Waals surface area contributed by atoms with Gasteiger partial charge in [0.1, 0.15) is 19.3 Å². The molecule has 9 nitrogen and oxygen atoms in total. The van der Waals surface area contributed by atoms with Crippen molar-refractivity contribution in [2.45, 2.75) is 341 Å². The minimum atomic E-state index is -4.69. The summed E-state index contributed by atoms with van der Waals surface area (Å²) >= 11 is 0. The van der Waals surface area contributed by atoms with E-state index >= 15 is 0 Å². The summed E-state index contributed by atoms with van der Waals surface area (Å²) in [5, 5.41) is 3.03. The van der Waals surface area contributed by atoms with Crippen molar-refractivity contribution in [2.75, 3.05) is 40.9 Å². The number of amides is 1. The van der Waals surface area contributed by atoms with Crippen molar-refractivity contribution in [1.29, 1.82) is 0 Å². The number of esters is 1. The topological polar surface area (TPSA) is 114 Å². The van der Waals surface area contributed by atoms with Crippen molar-refractivity contribution < 1.29 is 37.3 Å². The van der Waals surface area contributed by atoms with E-state index in [1.54, 1.807) is 0 Å². The predicted octanol–water partition coefficient (Wildman–Crippen LogP) is 18.9. The first kappa shape index (κ1) is 71.8. The van der Waals surface area contributed by atoms with E-state index in [1.807, 2.05) is 33.3 Å². The highest BCUT2D eigenvalue weighted by Gasteiger charge is 2.27. The maximum atomic E-state index is 13.5. The molecule has 0 aromatic heterocycles. The Morgan fingerprint density at radius 3 is 1.12 bits per heavy atom. The molecule has 0 bridgehead atoms. The number of quaternary nitrogens is 1. The molecule has 0 saturated carbocycles. The number of hydrogen-bond donors (Lipinski definition) is 1. The second kappa shape index (κ2) is 54.1. The van der Waals surface area contributed by atoms with E-state index in [0.29, 0.717) is 17.4 Å². The summed E-state index contributed by atoms with van der Waals surface area (Å²) in [6, 6.07) is -0.878. The van der Waals surface area contributed by atoms with Gasteiger partial charge >= 0.3 is 5.97 Å². The second-order valence-corrected chi connectivity index (χ2v) is 24.7. The zero-order valence-electron chi connectivity index (χ0n) is 49.6. The summed E-state index contributed by atoms with van der Waals surface area (Å²) in [6.45, 7) is 6.89. The average molecular weight is 1050 g/mol. The molecule has 0 heterocycles. The molecule has 0 aliphatic rings.